The molecular formula is C11H13NO3. The summed E-state index contributed by atoms with van der Waals surface area (Å²) in [6.45, 7) is 0. The van der Waals surface area contributed by atoms with Gasteiger partial charge in [-0.15, -0.1) is 0 Å². The van der Waals surface area contributed by atoms with E-state index in [0.29, 0.717) is 5.56 Å². The van der Waals surface area contributed by atoms with Crippen LogP contribution in [0.5, 0.6) is 5.75 Å². The molecule has 4 nitrogen and oxygen atoms in total. The topological polar surface area (TPSA) is 41.9 Å². The summed E-state index contributed by atoms with van der Waals surface area (Å²) < 4.78 is 5.03. The van der Waals surface area contributed by atoms with Crippen molar-refractivity contribution >= 4 is 0 Å². The Bertz CT molecular complexity index is 374. The first-order valence-corrected chi connectivity index (χ1v) is 4.62. The summed E-state index contributed by atoms with van der Waals surface area (Å²) in [5.41, 5.74) is 0.670. The zero-order valence-electron chi connectivity index (χ0n) is 8.68. The van der Waals surface area contributed by atoms with E-state index >= 15 is 0 Å². The van der Waals surface area contributed by atoms with Crippen LogP contribution in [-0.2, 0) is 10.6 Å². The van der Waals surface area contributed by atoms with Gasteiger partial charge in [-0.1, -0.05) is 0 Å². The minimum Gasteiger partial charge on any atom is -0.497 e. The van der Waals surface area contributed by atoms with E-state index in [1.807, 2.05) is 0 Å². The summed E-state index contributed by atoms with van der Waals surface area (Å²) in [4.78, 5) is 5.25. The van der Waals surface area contributed by atoms with Crippen molar-refractivity contribution in [3.8, 4) is 5.75 Å². The zero-order valence-corrected chi connectivity index (χ0v) is 8.68. The molecule has 1 unspecified atom stereocenters. The van der Waals surface area contributed by atoms with Crippen molar-refractivity contribution in [1.29, 1.82) is 0 Å². The number of aliphatic hydroxyl groups is 1. The van der Waals surface area contributed by atoms with E-state index in [4.69, 9.17) is 9.57 Å². The maximum Gasteiger partial charge on any atom is 0.238 e. The third-order valence-electron chi connectivity index (χ3n) is 2.30. The van der Waals surface area contributed by atoms with Crippen LogP contribution >= 0.6 is 0 Å². The van der Waals surface area contributed by atoms with Gasteiger partial charge in [0.05, 0.1) is 7.11 Å². The molecule has 1 heterocycles. The van der Waals surface area contributed by atoms with Crippen LogP contribution < -0.4 is 4.74 Å². The highest BCUT2D eigenvalue weighted by atomic mass is 16.8. The number of methoxy groups -OCH3 is 1. The Morgan fingerprint density at radius 2 is 2.00 bits per heavy atom. The number of hydrogen-bond donors (Lipinski definition) is 1. The molecule has 0 bridgehead atoms. The van der Waals surface area contributed by atoms with E-state index in [9.17, 15) is 5.11 Å². The molecule has 0 aromatic heterocycles. The Morgan fingerprint density at radius 3 is 2.47 bits per heavy atom. The van der Waals surface area contributed by atoms with E-state index in [2.05, 4.69) is 0 Å². The molecule has 0 fully saturated rings. The molecule has 0 amide bonds. The Labute approximate surface area is 88.3 Å². The number of nitrogens with zero attached hydrogens (tertiary/aromatic N) is 1. The third-order valence-corrected chi connectivity index (χ3v) is 2.30. The Hall–Kier alpha value is -1.52. The number of benzene rings is 1. The molecule has 1 aromatic rings. The molecule has 4 heteroatoms. The van der Waals surface area contributed by atoms with Crippen molar-refractivity contribution in [2.24, 2.45) is 0 Å². The third kappa shape index (κ3) is 1.82. The summed E-state index contributed by atoms with van der Waals surface area (Å²) in [5, 5.41) is 11.6. The number of rotatable bonds is 2. The Balaban J connectivity index is 2.26. The van der Waals surface area contributed by atoms with Gasteiger partial charge in [0, 0.05) is 18.8 Å². The van der Waals surface area contributed by atoms with Gasteiger partial charge in [0.1, 0.15) is 5.75 Å². The number of ether oxygens (including phenoxy) is 1. The minimum atomic E-state index is -1.36. The zero-order chi connectivity index (χ0) is 10.9. The molecule has 1 N–H and O–H groups in total. The molecule has 0 radical (unpaired) electrons. The van der Waals surface area contributed by atoms with Crippen LogP contribution in [0.1, 0.15) is 5.56 Å². The largest absolute Gasteiger partial charge is 0.497 e. The van der Waals surface area contributed by atoms with Crippen molar-refractivity contribution in [3.63, 3.8) is 0 Å². The van der Waals surface area contributed by atoms with Crippen LogP contribution in [0, 0.1) is 0 Å². The molecule has 0 spiro atoms. The summed E-state index contributed by atoms with van der Waals surface area (Å²) in [5.74, 6) is -0.612. The maximum atomic E-state index is 10.1. The summed E-state index contributed by atoms with van der Waals surface area (Å²) in [6.07, 6.45) is 3.26. The smallest absolute Gasteiger partial charge is 0.238 e. The summed E-state index contributed by atoms with van der Waals surface area (Å²) >= 11 is 0. The van der Waals surface area contributed by atoms with Gasteiger partial charge in [0.25, 0.3) is 0 Å². The Morgan fingerprint density at radius 1 is 1.33 bits per heavy atom. The highest BCUT2D eigenvalue weighted by Gasteiger charge is 2.33. The molecule has 80 valence electrons. The molecule has 2 rings (SSSR count). The van der Waals surface area contributed by atoms with Gasteiger partial charge < -0.3 is 9.84 Å². The van der Waals surface area contributed by atoms with Crippen molar-refractivity contribution < 1.29 is 14.7 Å². The fourth-order valence-electron chi connectivity index (χ4n) is 1.47. The lowest BCUT2D eigenvalue weighted by Crippen LogP contribution is -2.27. The standard InChI is InChI=1S/C11H13NO3/c1-12-8-7-11(13,15-12)9-3-5-10(14-2)6-4-9/h3-8,13H,1-2H3. The van der Waals surface area contributed by atoms with Crippen molar-refractivity contribution in [2.45, 2.75) is 5.79 Å². The van der Waals surface area contributed by atoms with E-state index < -0.39 is 5.79 Å². The first-order valence-electron chi connectivity index (χ1n) is 4.62. The molecule has 0 saturated heterocycles. The normalized spacial score (nSPS) is 24.6. The van der Waals surface area contributed by atoms with Crippen LogP contribution in [0.2, 0.25) is 0 Å². The van der Waals surface area contributed by atoms with Crippen molar-refractivity contribution in [3.05, 3.63) is 42.1 Å². The van der Waals surface area contributed by atoms with Gasteiger partial charge in [-0.05, 0) is 30.3 Å². The monoisotopic (exact) mass is 207 g/mol. The van der Waals surface area contributed by atoms with E-state index in [0.717, 1.165) is 5.75 Å². The lowest BCUT2D eigenvalue weighted by atomic mass is 10.1. The van der Waals surface area contributed by atoms with Crippen molar-refractivity contribution in [2.75, 3.05) is 14.2 Å². The van der Waals surface area contributed by atoms with Crippen LogP contribution in [0.3, 0.4) is 0 Å². The summed E-state index contributed by atoms with van der Waals surface area (Å²) in [6, 6.07) is 7.09. The first-order chi connectivity index (χ1) is 7.14. The second-order valence-corrected chi connectivity index (χ2v) is 3.38. The fraction of sp³-hybridized carbons (Fsp3) is 0.273. The van der Waals surface area contributed by atoms with Gasteiger partial charge >= 0.3 is 0 Å². The molecule has 0 saturated carbocycles. The van der Waals surface area contributed by atoms with Crippen LogP contribution in [-0.4, -0.2) is 24.3 Å². The molecular weight excluding hydrogens is 194 g/mol. The fourth-order valence-corrected chi connectivity index (χ4v) is 1.47. The molecule has 1 aliphatic rings. The average molecular weight is 207 g/mol. The van der Waals surface area contributed by atoms with Crippen LogP contribution in [0.15, 0.2) is 36.5 Å². The number of hydroxylamine groups is 2. The quantitative estimate of drug-likeness (QED) is 0.792. The van der Waals surface area contributed by atoms with E-state index in [1.54, 1.807) is 50.7 Å². The maximum absolute atomic E-state index is 10.1. The molecule has 0 aliphatic carbocycles. The lowest BCUT2D eigenvalue weighted by Gasteiger charge is -2.22. The van der Waals surface area contributed by atoms with Gasteiger partial charge in [-0.25, -0.2) is 4.84 Å². The predicted octanol–water partition coefficient (Wildman–Crippen LogP) is 1.23. The SMILES string of the molecule is COc1ccc(C2(O)C=CN(C)O2)cc1. The highest BCUT2D eigenvalue weighted by molar-refractivity contribution is 5.32. The predicted molar refractivity (Wildman–Crippen MR) is 54.9 cm³/mol. The van der Waals surface area contributed by atoms with Gasteiger partial charge in [0.2, 0.25) is 5.79 Å². The van der Waals surface area contributed by atoms with E-state index in [1.165, 1.54) is 5.06 Å². The molecule has 15 heavy (non-hydrogen) atoms. The van der Waals surface area contributed by atoms with Crippen LogP contribution in [0.25, 0.3) is 0 Å². The second kappa shape index (κ2) is 3.56. The molecule has 1 aromatic carbocycles. The molecule has 1 atom stereocenters. The first kappa shape index (κ1) is 10.0. The summed E-state index contributed by atoms with van der Waals surface area (Å²) in [7, 11) is 3.32. The minimum absolute atomic E-state index is 0.670. The lowest BCUT2D eigenvalue weighted by molar-refractivity contribution is -0.267. The molecule has 1 aliphatic heterocycles. The Kier molecular flexibility index (Phi) is 2.38. The average Bonchev–Trinajstić information content (AvgIpc) is 2.60. The van der Waals surface area contributed by atoms with Gasteiger partial charge in [-0.3, -0.25) is 5.06 Å². The van der Waals surface area contributed by atoms with E-state index in [-0.39, 0.29) is 0 Å². The van der Waals surface area contributed by atoms with Gasteiger partial charge in [0.15, 0.2) is 0 Å². The second-order valence-electron chi connectivity index (χ2n) is 3.38. The van der Waals surface area contributed by atoms with Crippen molar-refractivity contribution in [1.82, 2.24) is 5.06 Å². The highest BCUT2D eigenvalue weighted by Crippen LogP contribution is 2.30. The van der Waals surface area contributed by atoms with Gasteiger partial charge in [-0.2, -0.15) is 0 Å². The number of hydrogen-bond acceptors (Lipinski definition) is 4. The van der Waals surface area contributed by atoms with Crippen LogP contribution in [0.4, 0.5) is 0 Å².